The monoisotopic (exact) mass is 482 g/mol. The van der Waals surface area contributed by atoms with Gasteiger partial charge in [-0.05, 0) is 74.4 Å². The van der Waals surface area contributed by atoms with E-state index in [2.05, 4.69) is 12.1 Å². The number of ether oxygens (including phenoxy) is 2. The van der Waals surface area contributed by atoms with Gasteiger partial charge in [-0.1, -0.05) is 12.1 Å². The fourth-order valence-electron chi connectivity index (χ4n) is 5.93. The van der Waals surface area contributed by atoms with Crippen molar-refractivity contribution in [2.75, 3.05) is 28.3 Å². The third-order valence-electron chi connectivity index (χ3n) is 7.43. The highest BCUT2D eigenvalue weighted by Crippen LogP contribution is 2.61. The van der Waals surface area contributed by atoms with Crippen molar-refractivity contribution in [2.24, 2.45) is 0 Å². The number of ketones is 1. The van der Waals surface area contributed by atoms with Crippen molar-refractivity contribution in [3.8, 4) is 23.6 Å². The molecule has 0 N–H and O–H groups in total. The number of nitriles is 2. The van der Waals surface area contributed by atoms with Gasteiger partial charge in [0.2, 0.25) is 5.54 Å². The molecule has 2 aliphatic rings. The van der Waals surface area contributed by atoms with Crippen LogP contribution in [0.1, 0.15) is 36.7 Å². The van der Waals surface area contributed by atoms with Crippen molar-refractivity contribution in [2.45, 2.75) is 37.4 Å². The smallest absolute Gasteiger partial charge is 0.238 e. The fraction of sp³-hybridized carbons (Fsp3) is 0.345. The molecule has 2 heterocycles. The van der Waals surface area contributed by atoms with E-state index in [1.54, 1.807) is 38.5 Å². The van der Waals surface area contributed by atoms with Gasteiger partial charge in [-0.25, -0.2) is 4.90 Å². The Morgan fingerprint density at radius 3 is 1.86 bits per heavy atom. The number of fused-ring (bicyclic) bond motifs is 1. The maximum absolute atomic E-state index is 13.9. The molecule has 0 aromatic heterocycles. The molecule has 1 unspecified atom stereocenters. The molecular weight excluding hydrogens is 452 g/mol. The van der Waals surface area contributed by atoms with Crippen molar-refractivity contribution in [3.05, 3.63) is 82.6 Å². The molecule has 0 saturated carbocycles. The summed E-state index contributed by atoms with van der Waals surface area (Å²) in [5.41, 5.74) is -0.242. The van der Waals surface area contributed by atoms with Gasteiger partial charge < -0.3 is 14.4 Å². The topological polar surface area (TPSA) is 89.6 Å². The number of Topliss-reactive ketones (excluding diaryl/α,β-unsaturated/α-hetero) is 1. The van der Waals surface area contributed by atoms with Crippen LogP contribution in [0.2, 0.25) is 0 Å². The summed E-state index contributed by atoms with van der Waals surface area (Å²) in [7, 11) is 6.86. The number of hydrogen-bond donors (Lipinski definition) is 0. The van der Waals surface area contributed by atoms with Crippen LogP contribution < -0.4 is 9.47 Å². The van der Waals surface area contributed by atoms with Crippen molar-refractivity contribution in [3.63, 3.8) is 0 Å². The summed E-state index contributed by atoms with van der Waals surface area (Å²) in [5.74, 6) is 1.19. The second-order valence-electron chi connectivity index (χ2n) is 9.81. The summed E-state index contributed by atoms with van der Waals surface area (Å²) in [5, 5.41) is 21.1. The number of carbonyl (C=O) groups excluding carboxylic acids is 1. The molecule has 0 radical (unpaired) electrons. The number of methoxy groups -OCH3 is 2. The van der Waals surface area contributed by atoms with Crippen LogP contribution in [0.3, 0.4) is 0 Å². The fourth-order valence-corrected chi connectivity index (χ4v) is 5.93. The quantitative estimate of drug-likeness (QED) is 0.563. The first kappa shape index (κ1) is 25.0. The minimum Gasteiger partial charge on any atom is -0.497 e. The summed E-state index contributed by atoms with van der Waals surface area (Å²) >= 11 is 0. The maximum Gasteiger partial charge on any atom is 0.238 e. The van der Waals surface area contributed by atoms with Gasteiger partial charge in [0.05, 0.1) is 25.5 Å². The Balaban J connectivity index is 2.04. The van der Waals surface area contributed by atoms with Gasteiger partial charge in [0.15, 0.2) is 5.78 Å². The van der Waals surface area contributed by atoms with E-state index in [9.17, 15) is 15.3 Å². The summed E-state index contributed by atoms with van der Waals surface area (Å²) < 4.78 is 10.6. The standard InChI is InChI=1S/C29H30N4O3/c1-19-26(32(4)5)28(17-30,18-31)33-27(2,3)24(25(34)20-8-12-22(35-6)13-9-20)16-29(19,33)21-10-14-23(36-7)15-11-21/h8-16H,1-7H3. The second kappa shape index (κ2) is 8.55. The lowest BCUT2D eigenvalue weighted by molar-refractivity contribution is 0.0575. The van der Waals surface area contributed by atoms with Crippen LogP contribution >= 0.6 is 0 Å². The van der Waals surface area contributed by atoms with Gasteiger partial charge in [0.1, 0.15) is 23.6 Å². The first-order chi connectivity index (χ1) is 17.0. The van der Waals surface area contributed by atoms with E-state index in [1.165, 1.54) is 0 Å². The van der Waals surface area contributed by atoms with Crippen molar-refractivity contribution in [1.82, 2.24) is 9.80 Å². The van der Waals surface area contributed by atoms with Crippen LogP contribution in [0.25, 0.3) is 0 Å². The zero-order valence-corrected chi connectivity index (χ0v) is 21.7. The van der Waals surface area contributed by atoms with E-state index < -0.39 is 16.6 Å². The summed E-state index contributed by atoms with van der Waals surface area (Å²) in [6.07, 6.45) is 1.94. The average molecular weight is 483 g/mol. The van der Waals surface area contributed by atoms with E-state index in [0.29, 0.717) is 28.3 Å². The van der Waals surface area contributed by atoms with E-state index in [-0.39, 0.29) is 5.78 Å². The molecule has 0 aliphatic carbocycles. The zero-order chi connectivity index (χ0) is 26.5. The van der Waals surface area contributed by atoms with Gasteiger partial charge in [-0.3, -0.25) is 4.79 Å². The Hall–Kier alpha value is -4.07. The Morgan fingerprint density at radius 1 is 0.917 bits per heavy atom. The molecule has 0 bridgehead atoms. The molecule has 1 atom stereocenters. The molecule has 184 valence electrons. The van der Waals surface area contributed by atoms with Crippen LogP contribution in [0, 0.1) is 22.7 Å². The summed E-state index contributed by atoms with van der Waals surface area (Å²) in [6, 6.07) is 19.2. The number of likely N-dealkylation sites (N-methyl/N-ethyl adjacent to an activating group) is 1. The van der Waals surface area contributed by atoms with E-state index in [0.717, 1.165) is 11.1 Å². The molecule has 36 heavy (non-hydrogen) atoms. The minimum atomic E-state index is -1.62. The molecule has 2 aromatic carbocycles. The lowest BCUT2D eigenvalue weighted by atomic mass is 9.83. The van der Waals surface area contributed by atoms with Crippen LogP contribution in [0.4, 0.5) is 0 Å². The molecule has 0 saturated heterocycles. The molecular formula is C29H30N4O3. The second-order valence-corrected chi connectivity index (χ2v) is 9.81. The number of rotatable bonds is 6. The van der Waals surface area contributed by atoms with E-state index in [4.69, 9.17) is 9.47 Å². The normalized spacial score (nSPS) is 21.8. The number of hydrogen-bond acceptors (Lipinski definition) is 7. The third kappa shape index (κ3) is 3.17. The maximum atomic E-state index is 13.9. The molecule has 2 aliphatic heterocycles. The van der Waals surface area contributed by atoms with Crippen molar-refractivity contribution >= 4 is 5.78 Å². The van der Waals surface area contributed by atoms with Crippen LogP contribution in [0.5, 0.6) is 11.5 Å². The van der Waals surface area contributed by atoms with Gasteiger partial charge in [-0.2, -0.15) is 10.5 Å². The van der Waals surface area contributed by atoms with Gasteiger partial charge in [0, 0.05) is 30.8 Å². The van der Waals surface area contributed by atoms with Crippen molar-refractivity contribution < 1.29 is 14.3 Å². The number of nitrogens with zero attached hydrogens (tertiary/aromatic N) is 4. The molecule has 7 heteroatoms. The van der Waals surface area contributed by atoms with Crippen LogP contribution in [-0.2, 0) is 5.54 Å². The van der Waals surface area contributed by atoms with Gasteiger partial charge in [0.25, 0.3) is 0 Å². The predicted molar refractivity (Wildman–Crippen MR) is 136 cm³/mol. The molecule has 0 spiro atoms. The SMILES string of the molecule is COc1ccc(C(=O)C2=CC3(c4ccc(OC)cc4)C(C)=C(N(C)C)C(C#N)(C#N)N3C2(C)C)cc1. The molecule has 7 nitrogen and oxygen atoms in total. The molecule has 4 rings (SSSR count). The predicted octanol–water partition coefficient (Wildman–Crippen LogP) is 4.44. The zero-order valence-electron chi connectivity index (χ0n) is 21.7. The lowest BCUT2D eigenvalue weighted by Crippen LogP contribution is -2.60. The van der Waals surface area contributed by atoms with E-state index >= 15 is 0 Å². The van der Waals surface area contributed by atoms with E-state index in [1.807, 2.05) is 75.0 Å². The highest BCUT2D eigenvalue weighted by molar-refractivity contribution is 6.11. The van der Waals surface area contributed by atoms with Crippen LogP contribution in [0.15, 0.2) is 71.5 Å². The van der Waals surface area contributed by atoms with Crippen LogP contribution in [-0.4, -0.2) is 55.0 Å². The summed E-state index contributed by atoms with van der Waals surface area (Å²) in [6.45, 7) is 5.75. The van der Waals surface area contributed by atoms with Gasteiger partial charge >= 0.3 is 0 Å². The largest absolute Gasteiger partial charge is 0.497 e. The highest BCUT2D eigenvalue weighted by atomic mass is 16.5. The minimum absolute atomic E-state index is 0.158. The average Bonchev–Trinajstić information content (AvgIpc) is 3.28. The molecule has 2 aromatic rings. The first-order valence-corrected chi connectivity index (χ1v) is 11.6. The first-order valence-electron chi connectivity index (χ1n) is 11.6. The van der Waals surface area contributed by atoms with Gasteiger partial charge in [-0.15, -0.1) is 0 Å². The Kier molecular flexibility index (Phi) is 5.95. The molecule has 0 amide bonds. The Bertz CT molecular complexity index is 1340. The number of benzene rings is 2. The summed E-state index contributed by atoms with van der Waals surface area (Å²) in [4.78, 5) is 17.7. The highest BCUT2D eigenvalue weighted by Gasteiger charge is 2.69. The van der Waals surface area contributed by atoms with Crippen molar-refractivity contribution in [1.29, 1.82) is 10.5 Å². The third-order valence-corrected chi connectivity index (χ3v) is 7.43. The Morgan fingerprint density at radius 2 is 1.42 bits per heavy atom. The Labute approximate surface area is 212 Å². The molecule has 0 fully saturated rings. The number of carbonyl (C=O) groups is 1. The lowest BCUT2D eigenvalue weighted by Gasteiger charge is -2.46.